The molecule has 0 aliphatic heterocycles. The van der Waals surface area contributed by atoms with Crippen LogP contribution in [0.15, 0.2) is 17.3 Å². The van der Waals surface area contributed by atoms with Crippen molar-refractivity contribution in [2.24, 2.45) is 5.16 Å². The first-order valence-corrected chi connectivity index (χ1v) is 5.25. The SMILES string of the molecule is COc1cc(C=NOCC(=O)O)cc(Cl)c1OC. The summed E-state index contributed by atoms with van der Waals surface area (Å²) in [5.41, 5.74) is 0.600. The summed E-state index contributed by atoms with van der Waals surface area (Å²) < 4.78 is 10.2. The largest absolute Gasteiger partial charge is 0.493 e. The molecule has 1 aromatic rings. The van der Waals surface area contributed by atoms with Crippen LogP contribution in [0, 0.1) is 0 Å². The number of ether oxygens (including phenoxy) is 2. The number of aliphatic carboxylic acids is 1. The molecule has 0 fully saturated rings. The molecule has 1 rings (SSSR count). The summed E-state index contributed by atoms with van der Waals surface area (Å²) in [5.74, 6) is -0.232. The highest BCUT2D eigenvalue weighted by Crippen LogP contribution is 2.35. The Balaban J connectivity index is 2.84. The second kappa shape index (κ2) is 6.70. The Morgan fingerprint density at radius 1 is 1.44 bits per heavy atom. The van der Waals surface area contributed by atoms with E-state index in [0.717, 1.165) is 0 Å². The molecule has 1 N–H and O–H groups in total. The lowest BCUT2D eigenvalue weighted by Gasteiger charge is -2.09. The van der Waals surface area contributed by atoms with Gasteiger partial charge < -0.3 is 19.4 Å². The molecule has 0 spiro atoms. The van der Waals surface area contributed by atoms with E-state index in [1.54, 1.807) is 12.1 Å². The minimum atomic E-state index is -1.10. The van der Waals surface area contributed by atoms with Gasteiger partial charge in [-0.25, -0.2) is 4.79 Å². The number of oxime groups is 1. The van der Waals surface area contributed by atoms with Crippen LogP contribution < -0.4 is 9.47 Å². The fourth-order valence-electron chi connectivity index (χ4n) is 1.20. The maximum absolute atomic E-state index is 10.2. The van der Waals surface area contributed by atoms with Crippen molar-refractivity contribution in [1.82, 2.24) is 0 Å². The average Bonchev–Trinajstić information content (AvgIpc) is 2.33. The van der Waals surface area contributed by atoms with Crippen LogP contribution in [0.4, 0.5) is 0 Å². The third-order valence-corrected chi connectivity index (χ3v) is 2.20. The quantitative estimate of drug-likeness (QED) is 0.631. The number of carboxylic acids is 1. The lowest BCUT2D eigenvalue weighted by molar-refractivity contribution is -0.142. The van der Waals surface area contributed by atoms with E-state index < -0.39 is 12.6 Å². The van der Waals surface area contributed by atoms with Gasteiger partial charge in [-0.15, -0.1) is 0 Å². The molecule has 0 saturated carbocycles. The summed E-state index contributed by atoms with van der Waals surface area (Å²) in [7, 11) is 2.96. The fourth-order valence-corrected chi connectivity index (χ4v) is 1.50. The van der Waals surface area contributed by atoms with Crippen molar-refractivity contribution in [3.05, 3.63) is 22.7 Å². The number of carbonyl (C=O) groups is 1. The van der Waals surface area contributed by atoms with Crippen LogP contribution in [0.1, 0.15) is 5.56 Å². The molecule has 0 saturated heterocycles. The van der Waals surface area contributed by atoms with E-state index in [2.05, 4.69) is 9.99 Å². The molecular formula is C11H12ClNO5. The predicted molar refractivity (Wildman–Crippen MR) is 65.7 cm³/mol. The molecule has 0 bridgehead atoms. The molecule has 0 heterocycles. The van der Waals surface area contributed by atoms with E-state index in [4.69, 9.17) is 26.2 Å². The van der Waals surface area contributed by atoms with Gasteiger partial charge in [0.2, 0.25) is 6.61 Å². The number of halogens is 1. The fraction of sp³-hybridized carbons (Fsp3) is 0.273. The van der Waals surface area contributed by atoms with Crippen molar-refractivity contribution in [2.45, 2.75) is 0 Å². The molecule has 0 aliphatic carbocycles. The van der Waals surface area contributed by atoms with Crippen LogP contribution in [-0.2, 0) is 9.63 Å². The van der Waals surface area contributed by atoms with Gasteiger partial charge in [0.25, 0.3) is 0 Å². The first-order chi connectivity index (χ1) is 8.58. The first kappa shape index (κ1) is 14.1. The summed E-state index contributed by atoms with van der Waals surface area (Å²) >= 11 is 5.98. The number of rotatable bonds is 6. The van der Waals surface area contributed by atoms with Crippen molar-refractivity contribution in [2.75, 3.05) is 20.8 Å². The molecule has 18 heavy (non-hydrogen) atoms. The van der Waals surface area contributed by atoms with E-state index in [0.29, 0.717) is 22.1 Å². The molecule has 0 aromatic heterocycles. The van der Waals surface area contributed by atoms with Crippen molar-refractivity contribution >= 4 is 23.8 Å². The summed E-state index contributed by atoms with van der Waals surface area (Å²) in [6, 6.07) is 3.23. The number of hydrogen-bond acceptors (Lipinski definition) is 5. The minimum Gasteiger partial charge on any atom is -0.493 e. The molecule has 0 atom stereocenters. The highest BCUT2D eigenvalue weighted by molar-refractivity contribution is 6.32. The van der Waals surface area contributed by atoms with Gasteiger partial charge in [0.15, 0.2) is 11.5 Å². The zero-order valence-electron chi connectivity index (χ0n) is 9.84. The van der Waals surface area contributed by atoms with Crippen LogP contribution in [0.3, 0.4) is 0 Å². The summed E-state index contributed by atoms with van der Waals surface area (Å²) in [5, 5.41) is 12.2. The Morgan fingerprint density at radius 2 is 2.17 bits per heavy atom. The Bertz CT molecular complexity index is 461. The van der Waals surface area contributed by atoms with Gasteiger partial charge in [0.05, 0.1) is 25.5 Å². The molecule has 1 aromatic carbocycles. The van der Waals surface area contributed by atoms with Crippen LogP contribution >= 0.6 is 11.6 Å². The van der Waals surface area contributed by atoms with Crippen LogP contribution in [0.25, 0.3) is 0 Å². The van der Waals surface area contributed by atoms with Gasteiger partial charge in [-0.1, -0.05) is 16.8 Å². The van der Waals surface area contributed by atoms with Gasteiger partial charge in [-0.2, -0.15) is 0 Å². The van der Waals surface area contributed by atoms with Crippen LogP contribution in [0.2, 0.25) is 5.02 Å². The normalized spacial score (nSPS) is 10.4. The Labute approximate surface area is 109 Å². The topological polar surface area (TPSA) is 77.4 Å². The maximum atomic E-state index is 10.2. The number of methoxy groups -OCH3 is 2. The van der Waals surface area contributed by atoms with Gasteiger partial charge in [0, 0.05) is 5.56 Å². The van der Waals surface area contributed by atoms with Gasteiger partial charge >= 0.3 is 5.97 Å². The molecule has 0 radical (unpaired) electrons. The number of hydrogen-bond donors (Lipinski definition) is 1. The maximum Gasteiger partial charge on any atom is 0.344 e. The second-order valence-corrected chi connectivity index (χ2v) is 3.55. The molecule has 7 heteroatoms. The summed E-state index contributed by atoms with van der Waals surface area (Å²) in [4.78, 5) is 14.7. The smallest absolute Gasteiger partial charge is 0.344 e. The summed E-state index contributed by atoms with van der Waals surface area (Å²) in [6.07, 6.45) is 1.33. The molecule has 0 unspecified atom stereocenters. The standard InChI is InChI=1S/C11H12ClNO5/c1-16-9-4-7(3-8(12)11(9)17-2)5-13-18-6-10(14)15/h3-5H,6H2,1-2H3,(H,14,15). The van der Waals surface area contributed by atoms with Gasteiger partial charge in [0.1, 0.15) is 0 Å². The van der Waals surface area contributed by atoms with E-state index >= 15 is 0 Å². The lowest BCUT2D eigenvalue weighted by atomic mass is 10.2. The Kier molecular flexibility index (Phi) is 5.26. The highest BCUT2D eigenvalue weighted by atomic mass is 35.5. The highest BCUT2D eigenvalue weighted by Gasteiger charge is 2.09. The number of benzene rings is 1. The van der Waals surface area contributed by atoms with Gasteiger partial charge in [-0.3, -0.25) is 0 Å². The van der Waals surface area contributed by atoms with Crippen molar-refractivity contribution in [1.29, 1.82) is 0 Å². The third-order valence-electron chi connectivity index (χ3n) is 1.92. The summed E-state index contributed by atoms with van der Waals surface area (Å²) in [6.45, 7) is -0.502. The van der Waals surface area contributed by atoms with E-state index in [1.165, 1.54) is 20.4 Å². The van der Waals surface area contributed by atoms with Crippen LogP contribution in [-0.4, -0.2) is 38.1 Å². The zero-order valence-corrected chi connectivity index (χ0v) is 10.6. The monoisotopic (exact) mass is 273 g/mol. The van der Waals surface area contributed by atoms with E-state index in [1.807, 2.05) is 0 Å². The molecular weight excluding hydrogens is 262 g/mol. The number of carboxylic acid groups (broad SMARTS) is 1. The Hall–Kier alpha value is -1.95. The van der Waals surface area contributed by atoms with Crippen molar-refractivity contribution in [3.8, 4) is 11.5 Å². The van der Waals surface area contributed by atoms with E-state index in [9.17, 15) is 4.79 Å². The number of nitrogens with zero attached hydrogens (tertiary/aromatic N) is 1. The molecule has 98 valence electrons. The van der Waals surface area contributed by atoms with Crippen molar-refractivity contribution < 1.29 is 24.2 Å². The van der Waals surface area contributed by atoms with E-state index in [-0.39, 0.29) is 0 Å². The average molecular weight is 274 g/mol. The van der Waals surface area contributed by atoms with Crippen LogP contribution in [0.5, 0.6) is 11.5 Å². The lowest BCUT2D eigenvalue weighted by Crippen LogP contribution is -2.03. The molecule has 6 nitrogen and oxygen atoms in total. The molecule has 0 aliphatic rings. The first-order valence-electron chi connectivity index (χ1n) is 4.87. The minimum absolute atomic E-state index is 0.358. The third kappa shape index (κ3) is 3.81. The predicted octanol–water partition coefficient (Wildman–Crippen LogP) is 1.79. The van der Waals surface area contributed by atoms with Gasteiger partial charge in [-0.05, 0) is 12.1 Å². The van der Waals surface area contributed by atoms with Crippen molar-refractivity contribution in [3.63, 3.8) is 0 Å². The zero-order chi connectivity index (χ0) is 13.5. The second-order valence-electron chi connectivity index (χ2n) is 3.14. The molecule has 0 amide bonds. The Morgan fingerprint density at radius 3 is 2.72 bits per heavy atom.